The highest BCUT2D eigenvalue weighted by molar-refractivity contribution is 7.80. The van der Waals surface area contributed by atoms with Gasteiger partial charge in [-0.1, -0.05) is 30.3 Å². The summed E-state index contributed by atoms with van der Waals surface area (Å²) >= 11 is 5.20. The third-order valence-electron chi connectivity index (χ3n) is 3.50. The van der Waals surface area contributed by atoms with E-state index in [-0.39, 0.29) is 5.11 Å². The summed E-state index contributed by atoms with van der Waals surface area (Å²) in [4.78, 5) is 6.61. The number of nitrogens with one attached hydrogen (secondary N) is 2. The molecule has 0 spiro atoms. The number of nitrogens with zero attached hydrogens (tertiary/aromatic N) is 4. The number of ether oxygens (including phenoxy) is 1. The number of hydrogen-bond donors (Lipinski definition) is 3. The van der Waals surface area contributed by atoms with Crippen molar-refractivity contribution in [2.45, 2.75) is 6.54 Å². The van der Waals surface area contributed by atoms with Gasteiger partial charge >= 0.3 is 0 Å². The first-order chi connectivity index (χ1) is 11.3. The van der Waals surface area contributed by atoms with Gasteiger partial charge in [0.05, 0.1) is 13.2 Å². The monoisotopic (exact) mass is 333 g/mol. The Morgan fingerprint density at radius 2 is 2.00 bits per heavy atom. The van der Waals surface area contributed by atoms with Gasteiger partial charge in [-0.3, -0.25) is 5.43 Å². The summed E-state index contributed by atoms with van der Waals surface area (Å²) in [5.74, 6) is 6.59. The molecule has 1 aromatic carbocycles. The van der Waals surface area contributed by atoms with Gasteiger partial charge in [-0.25, -0.2) is 5.84 Å². The Morgan fingerprint density at radius 3 is 2.70 bits per heavy atom. The molecule has 2 aromatic rings. The second kappa shape index (κ2) is 7.36. The highest BCUT2D eigenvalue weighted by Crippen LogP contribution is 2.15. The van der Waals surface area contributed by atoms with E-state index in [1.165, 1.54) is 4.68 Å². The number of hydrazine groups is 1. The van der Waals surface area contributed by atoms with Crippen molar-refractivity contribution in [3.63, 3.8) is 0 Å². The van der Waals surface area contributed by atoms with Crippen molar-refractivity contribution in [3.8, 4) is 0 Å². The van der Waals surface area contributed by atoms with E-state index in [9.17, 15) is 0 Å². The lowest BCUT2D eigenvalue weighted by Crippen LogP contribution is -2.38. The van der Waals surface area contributed by atoms with Crippen LogP contribution in [-0.4, -0.2) is 46.2 Å². The fourth-order valence-electron chi connectivity index (χ4n) is 2.29. The summed E-state index contributed by atoms with van der Waals surface area (Å²) in [6, 6.07) is 10.0. The largest absolute Gasteiger partial charge is 0.378 e. The molecule has 1 saturated heterocycles. The highest BCUT2D eigenvalue weighted by Gasteiger charge is 2.19. The van der Waals surface area contributed by atoms with Gasteiger partial charge in [0.15, 0.2) is 0 Å². The molecule has 122 valence electrons. The van der Waals surface area contributed by atoms with Gasteiger partial charge in [0, 0.05) is 19.6 Å². The molecule has 1 fully saturated rings. The predicted octanol–water partition coefficient (Wildman–Crippen LogP) is 0.323. The number of thiocarbonyl (C=S) groups is 1. The van der Waals surface area contributed by atoms with Crippen molar-refractivity contribution in [3.05, 3.63) is 35.9 Å². The molecule has 0 saturated carbocycles. The maximum Gasteiger partial charge on any atom is 0.247 e. The number of aromatic nitrogens is 3. The molecule has 1 aromatic heterocycles. The van der Waals surface area contributed by atoms with E-state index in [4.69, 9.17) is 22.8 Å². The lowest BCUT2D eigenvalue weighted by atomic mass is 10.2. The van der Waals surface area contributed by atoms with E-state index in [1.807, 2.05) is 30.3 Å². The summed E-state index contributed by atoms with van der Waals surface area (Å²) in [5, 5.41) is 7.98. The molecule has 0 aliphatic carbocycles. The molecule has 9 heteroatoms. The van der Waals surface area contributed by atoms with Crippen molar-refractivity contribution in [1.82, 2.24) is 20.2 Å². The lowest BCUT2D eigenvalue weighted by Gasteiger charge is -2.25. The molecule has 0 bridgehead atoms. The Bertz CT molecular complexity index is 654. The van der Waals surface area contributed by atoms with Crippen LogP contribution in [0.25, 0.3) is 0 Å². The van der Waals surface area contributed by atoms with Crippen LogP contribution in [0.2, 0.25) is 0 Å². The molecular formula is C14H19N7OS. The molecule has 1 aliphatic heterocycles. The minimum atomic E-state index is 0.285. The smallest absolute Gasteiger partial charge is 0.247 e. The van der Waals surface area contributed by atoms with Crippen molar-refractivity contribution >= 4 is 29.2 Å². The number of hydrogen-bond acceptors (Lipinski definition) is 7. The van der Waals surface area contributed by atoms with Gasteiger partial charge in [0.2, 0.25) is 17.0 Å². The van der Waals surface area contributed by atoms with Crippen LogP contribution in [0.1, 0.15) is 5.56 Å². The van der Waals surface area contributed by atoms with Crippen LogP contribution in [0.15, 0.2) is 30.3 Å². The second-order valence-electron chi connectivity index (χ2n) is 5.04. The quantitative estimate of drug-likeness (QED) is 0.419. The zero-order valence-corrected chi connectivity index (χ0v) is 13.4. The first-order valence-corrected chi connectivity index (χ1v) is 7.77. The standard InChI is InChI=1S/C14H19N7OS/c15-18-14(23)21-12(16-10-11-4-2-1-3-5-11)17-13(19-21)20-6-8-22-9-7-20/h1-5H,6-10,15H2,(H,18,23)(H,16,17,19). The van der Waals surface area contributed by atoms with Gasteiger partial charge < -0.3 is 15.0 Å². The van der Waals surface area contributed by atoms with Crippen LogP contribution in [0.3, 0.4) is 0 Å². The Hall–Kier alpha value is -2.23. The molecule has 0 radical (unpaired) electrons. The van der Waals surface area contributed by atoms with Gasteiger partial charge in [-0.15, -0.1) is 5.10 Å². The molecule has 4 N–H and O–H groups in total. The third-order valence-corrected chi connectivity index (χ3v) is 3.79. The van der Waals surface area contributed by atoms with Crippen LogP contribution < -0.4 is 21.5 Å². The first kappa shape index (κ1) is 15.7. The minimum absolute atomic E-state index is 0.285. The highest BCUT2D eigenvalue weighted by atomic mass is 32.1. The predicted molar refractivity (Wildman–Crippen MR) is 92.1 cm³/mol. The molecule has 0 amide bonds. The molecule has 23 heavy (non-hydrogen) atoms. The topological polar surface area (TPSA) is 93.3 Å². The fourth-order valence-corrected chi connectivity index (χ4v) is 2.42. The molecule has 3 rings (SSSR count). The molecule has 1 aliphatic rings. The van der Waals surface area contributed by atoms with Crippen LogP contribution in [-0.2, 0) is 11.3 Å². The Kier molecular flexibility index (Phi) is 5.01. The molecule has 2 heterocycles. The van der Waals surface area contributed by atoms with E-state index < -0.39 is 0 Å². The Labute approximate surface area is 139 Å². The van der Waals surface area contributed by atoms with E-state index in [2.05, 4.69) is 25.7 Å². The third kappa shape index (κ3) is 3.76. The zero-order valence-electron chi connectivity index (χ0n) is 12.6. The number of anilines is 2. The van der Waals surface area contributed by atoms with Gasteiger partial charge in [-0.05, 0) is 17.8 Å². The number of morpholine rings is 1. The molecule has 8 nitrogen and oxygen atoms in total. The van der Waals surface area contributed by atoms with E-state index in [1.54, 1.807) is 0 Å². The lowest BCUT2D eigenvalue weighted by molar-refractivity contribution is 0.122. The maximum absolute atomic E-state index is 5.43. The minimum Gasteiger partial charge on any atom is -0.378 e. The van der Waals surface area contributed by atoms with Crippen LogP contribution in [0, 0.1) is 0 Å². The van der Waals surface area contributed by atoms with Gasteiger partial charge in [0.1, 0.15) is 0 Å². The van der Waals surface area contributed by atoms with Crippen LogP contribution in [0.4, 0.5) is 11.9 Å². The Balaban J connectivity index is 1.79. The fraction of sp³-hybridized carbons (Fsp3) is 0.357. The zero-order chi connectivity index (χ0) is 16.1. The number of nitrogens with two attached hydrogens (primary N) is 1. The normalized spacial score (nSPS) is 14.6. The first-order valence-electron chi connectivity index (χ1n) is 7.36. The molecular weight excluding hydrogens is 314 g/mol. The van der Waals surface area contributed by atoms with Gasteiger partial charge in [-0.2, -0.15) is 9.67 Å². The molecule has 0 unspecified atom stereocenters. The Morgan fingerprint density at radius 1 is 1.26 bits per heavy atom. The summed E-state index contributed by atoms with van der Waals surface area (Å²) < 4.78 is 6.86. The van der Waals surface area contributed by atoms with Crippen molar-refractivity contribution < 1.29 is 4.74 Å². The van der Waals surface area contributed by atoms with Crippen LogP contribution in [0.5, 0.6) is 0 Å². The van der Waals surface area contributed by atoms with Crippen molar-refractivity contribution in [1.29, 1.82) is 0 Å². The van der Waals surface area contributed by atoms with Crippen LogP contribution >= 0.6 is 12.2 Å². The van der Waals surface area contributed by atoms with Crippen molar-refractivity contribution in [2.24, 2.45) is 5.84 Å². The summed E-state index contributed by atoms with van der Waals surface area (Å²) in [7, 11) is 0. The average molecular weight is 333 g/mol. The van der Waals surface area contributed by atoms with E-state index in [0.717, 1.165) is 18.7 Å². The maximum atomic E-state index is 5.43. The summed E-state index contributed by atoms with van der Waals surface area (Å²) in [5.41, 5.74) is 3.59. The second-order valence-corrected chi connectivity index (χ2v) is 5.42. The summed E-state index contributed by atoms with van der Waals surface area (Å²) in [6.45, 7) is 3.47. The van der Waals surface area contributed by atoms with E-state index in [0.29, 0.717) is 31.7 Å². The number of benzene rings is 1. The van der Waals surface area contributed by atoms with Crippen molar-refractivity contribution in [2.75, 3.05) is 36.5 Å². The average Bonchev–Trinajstić information content (AvgIpc) is 3.05. The summed E-state index contributed by atoms with van der Waals surface area (Å²) in [6.07, 6.45) is 0. The van der Waals surface area contributed by atoms with E-state index >= 15 is 0 Å². The number of rotatable bonds is 4. The molecule has 0 atom stereocenters. The SMILES string of the molecule is NNC(=S)n1nc(N2CCOCC2)nc1NCc1ccccc1. The van der Waals surface area contributed by atoms with Gasteiger partial charge in [0.25, 0.3) is 0 Å².